The molecule has 1 amide bonds. The minimum absolute atomic E-state index is 0.00674. The number of rotatable bonds is 4. The van der Waals surface area contributed by atoms with Gasteiger partial charge in [0.05, 0.1) is 18.7 Å². The Morgan fingerprint density at radius 3 is 2.72 bits per heavy atom. The molecule has 1 saturated heterocycles. The number of β-amino-alcohol motifs (C(OH)–C–C–N with tert-alkyl or cyclic N) is 1. The van der Waals surface area contributed by atoms with Crippen molar-refractivity contribution < 1.29 is 9.90 Å². The third-order valence-electron chi connectivity index (χ3n) is 3.46. The first-order valence-electron chi connectivity index (χ1n) is 6.36. The Morgan fingerprint density at radius 1 is 1.50 bits per heavy atom. The number of hydrogen-bond acceptors (Lipinski definition) is 2. The summed E-state index contributed by atoms with van der Waals surface area (Å²) in [6.07, 6.45) is 3.61. The van der Waals surface area contributed by atoms with Gasteiger partial charge >= 0.3 is 0 Å². The fourth-order valence-corrected chi connectivity index (χ4v) is 2.74. The van der Waals surface area contributed by atoms with Crippen LogP contribution in [0.1, 0.15) is 37.2 Å². The van der Waals surface area contributed by atoms with E-state index in [2.05, 4.69) is 22.9 Å². The summed E-state index contributed by atoms with van der Waals surface area (Å²) < 4.78 is 2.89. The standard InChI is InChI=1S/C13H19BrN2O2/c1-3-5-15-7-10(14)6-11(15)12(17)16-8-13(18,4-2)9-16/h6-7,18H,3-5,8-9H2,1-2H3. The molecule has 0 atom stereocenters. The lowest BCUT2D eigenvalue weighted by Crippen LogP contribution is -2.63. The van der Waals surface area contributed by atoms with Gasteiger partial charge in [-0.2, -0.15) is 0 Å². The van der Waals surface area contributed by atoms with E-state index in [1.54, 1.807) is 4.90 Å². The summed E-state index contributed by atoms with van der Waals surface area (Å²) >= 11 is 3.41. The van der Waals surface area contributed by atoms with Gasteiger partial charge in [0.15, 0.2) is 0 Å². The molecule has 1 aliphatic rings. The van der Waals surface area contributed by atoms with E-state index in [-0.39, 0.29) is 5.91 Å². The number of aryl methyl sites for hydroxylation is 1. The van der Waals surface area contributed by atoms with Gasteiger partial charge in [-0.15, -0.1) is 0 Å². The van der Waals surface area contributed by atoms with Gasteiger partial charge in [0.1, 0.15) is 5.69 Å². The molecule has 5 heteroatoms. The summed E-state index contributed by atoms with van der Waals surface area (Å²) in [4.78, 5) is 14.0. The Kier molecular flexibility index (Phi) is 3.82. The number of hydrogen-bond donors (Lipinski definition) is 1. The minimum Gasteiger partial charge on any atom is -0.386 e. The van der Waals surface area contributed by atoms with Crippen molar-refractivity contribution in [2.45, 2.75) is 38.8 Å². The average molecular weight is 315 g/mol. The van der Waals surface area contributed by atoms with Crippen molar-refractivity contribution in [1.29, 1.82) is 0 Å². The third kappa shape index (κ3) is 2.47. The first-order valence-corrected chi connectivity index (χ1v) is 7.15. The summed E-state index contributed by atoms with van der Waals surface area (Å²) in [6, 6.07) is 1.85. The Labute approximate surface area is 116 Å². The lowest BCUT2D eigenvalue weighted by molar-refractivity contribution is -0.0829. The Balaban J connectivity index is 2.10. The molecule has 18 heavy (non-hydrogen) atoms. The van der Waals surface area contributed by atoms with Gasteiger partial charge in [0.2, 0.25) is 0 Å². The predicted molar refractivity (Wildman–Crippen MR) is 73.6 cm³/mol. The SMILES string of the molecule is CCCn1cc(Br)cc1C(=O)N1CC(O)(CC)C1. The maximum absolute atomic E-state index is 12.3. The van der Waals surface area contributed by atoms with Crippen LogP contribution in [0.5, 0.6) is 0 Å². The lowest BCUT2D eigenvalue weighted by Gasteiger charge is -2.46. The van der Waals surface area contributed by atoms with Crippen LogP contribution in [0, 0.1) is 0 Å². The highest BCUT2D eigenvalue weighted by atomic mass is 79.9. The zero-order chi connectivity index (χ0) is 13.3. The number of carbonyl (C=O) groups excluding carboxylic acids is 1. The lowest BCUT2D eigenvalue weighted by atomic mass is 9.91. The maximum Gasteiger partial charge on any atom is 0.270 e. The number of nitrogens with zero attached hydrogens (tertiary/aromatic N) is 2. The zero-order valence-electron chi connectivity index (χ0n) is 10.8. The van der Waals surface area contributed by atoms with Crippen LogP contribution in [-0.2, 0) is 6.54 Å². The molecule has 0 unspecified atom stereocenters. The predicted octanol–water partition coefficient (Wildman–Crippen LogP) is 2.26. The summed E-state index contributed by atoms with van der Waals surface area (Å²) in [5, 5.41) is 9.95. The van der Waals surface area contributed by atoms with E-state index >= 15 is 0 Å². The quantitative estimate of drug-likeness (QED) is 0.926. The number of aromatic nitrogens is 1. The van der Waals surface area contributed by atoms with E-state index in [9.17, 15) is 9.90 Å². The molecule has 1 N–H and O–H groups in total. The molecule has 2 heterocycles. The Hall–Kier alpha value is -0.810. The molecule has 4 nitrogen and oxygen atoms in total. The smallest absolute Gasteiger partial charge is 0.270 e. The van der Waals surface area contributed by atoms with Gasteiger partial charge in [-0.3, -0.25) is 4.79 Å². The maximum atomic E-state index is 12.3. The molecule has 0 radical (unpaired) electrons. The highest BCUT2D eigenvalue weighted by Crippen LogP contribution is 2.27. The molecule has 2 rings (SSSR count). The Morgan fingerprint density at radius 2 is 2.17 bits per heavy atom. The summed E-state index contributed by atoms with van der Waals surface area (Å²) in [5.74, 6) is 0.00674. The van der Waals surface area contributed by atoms with E-state index in [0.717, 1.165) is 17.4 Å². The summed E-state index contributed by atoms with van der Waals surface area (Å²) in [5.41, 5.74) is 0.0246. The number of halogens is 1. The van der Waals surface area contributed by atoms with Crippen molar-refractivity contribution in [3.05, 3.63) is 22.4 Å². The molecule has 100 valence electrons. The molecule has 1 aromatic rings. The van der Waals surface area contributed by atoms with Crippen molar-refractivity contribution in [2.75, 3.05) is 13.1 Å². The van der Waals surface area contributed by atoms with Crippen LogP contribution < -0.4 is 0 Å². The fraction of sp³-hybridized carbons (Fsp3) is 0.615. The zero-order valence-corrected chi connectivity index (χ0v) is 12.4. The van der Waals surface area contributed by atoms with Gasteiger partial charge in [-0.05, 0) is 34.8 Å². The van der Waals surface area contributed by atoms with Gasteiger partial charge < -0.3 is 14.6 Å². The van der Waals surface area contributed by atoms with Gasteiger partial charge in [-0.1, -0.05) is 13.8 Å². The van der Waals surface area contributed by atoms with Crippen molar-refractivity contribution in [3.8, 4) is 0 Å². The van der Waals surface area contributed by atoms with Crippen LogP contribution >= 0.6 is 15.9 Å². The van der Waals surface area contributed by atoms with Gasteiger partial charge in [0.25, 0.3) is 5.91 Å². The highest BCUT2D eigenvalue weighted by Gasteiger charge is 2.42. The number of carbonyl (C=O) groups is 1. The molecule has 0 aliphatic carbocycles. The molecular formula is C13H19BrN2O2. The molecule has 0 bridgehead atoms. The van der Waals surface area contributed by atoms with Crippen LogP contribution in [0.4, 0.5) is 0 Å². The minimum atomic E-state index is -0.672. The molecule has 0 aromatic carbocycles. The highest BCUT2D eigenvalue weighted by molar-refractivity contribution is 9.10. The van der Waals surface area contributed by atoms with Crippen LogP contribution in [0.15, 0.2) is 16.7 Å². The van der Waals surface area contributed by atoms with Crippen molar-refractivity contribution >= 4 is 21.8 Å². The molecular weight excluding hydrogens is 296 g/mol. The number of likely N-dealkylation sites (tertiary alicyclic amines) is 1. The normalized spacial score (nSPS) is 17.7. The van der Waals surface area contributed by atoms with Crippen molar-refractivity contribution in [2.24, 2.45) is 0 Å². The first kappa shape index (κ1) is 13.6. The molecule has 1 aromatic heterocycles. The molecule has 1 fully saturated rings. The largest absolute Gasteiger partial charge is 0.386 e. The van der Waals surface area contributed by atoms with Gasteiger partial charge in [0, 0.05) is 17.2 Å². The van der Waals surface area contributed by atoms with Crippen molar-refractivity contribution in [3.63, 3.8) is 0 Å². The second-order valence-corrected chi connectivity index (χ2v) is 5.89. The number of aliphatic hydroxyl groups is 1. The molecule has 0 spiro atoms. The van der Waals surface area contributed by atoms with Crippen LogP contribution in [0.25, 0.3) is 0 Å². The van der Waals surface area contributed by atoms with Crippen LogP contribution in [0.2, 0.25) is 0 Å². The van der Waals surface area contributed by atoms with Crippen molar-refractivity contribution in [1.82, 2.24) is 9.47 Å². The van der Waals surface area contributed by atoms with E-state index in [1.165, 1.54) is 0 Å². The van der Waals surface area contributed by atoms with E-state index in [4.69, 9.17) is 0 Å². The average Bonchev–Trinajstić information content (AvgIpc) is 2.66. The van der Waals surface area contributed by atoms with Crippen LogP contribution in [-0.4, -0.2) is 39.2 Å². The summed E-state index contributed by atoms with van der Waals surface area (Å²) in [6.45, 7) is 5.74. The Bertz CT molecular complexity index is 450. The monoisotopic (exact) mass is 314 g/mol. The third-order valence-corrected chi connectivity index (χ3v) is 3.90. The molecule has 1 aliphatic heterocycles. The number of amides is 1. The fourth-order valence-electron chi connectivity index (χ4n) is 2.27. The van der Waals surface area contributed by atoms with E-state index in [0.29, 0.717) is 25.2 Å². The summed E-state index contributed by atoms with van der Waals surface area (Å²) in [7, 11) is 0. The van der Waals surface area contributed by atoms with Crippen LogP contribution in [0.3, 0.4) is 0 Å². The van der Waals surface area contributed by atoms with E-state index < -0.39 is 5.60 Å². The topological polar surface area (TPSA) is 45.5 Å². The van der Waals surface area contributed by atoms with E-state index in [1.807, 2.05) is 23.8 Å². The molecule has 0 saturated carbocycles. The second-order valence-electron chi connectivity index (χ2n) is 4.98. The second kappa shape index (κ2) is 5.05. The van der Waals surface area contributed by atoms with Gasteiger partial charge in [-0.25, -0.2) is 0 Å². The first-order chi connectivity index (χ1) is 8.49.